The van der Waals surface area contributed by atoms with Gasteiger partial charge in [-0.15, -0.1) is 0 Å². The predicted octanol–water partition coefficient (Wildman–Crippen LogP) is 5.10. The second-order valence-corrected chi connectivity index (χ2v) is 5.72. The zero-order valence-corrected chi connectivity index (χ0v) is 16.8. The van der Waals surface area contributed by atoms with Crippen molar-refractivity contribution < 1.29 is 14.3 Å². The summed E-state index contributed by atoms with van der Waals surface area (Å²) in [6, 6.07) is 3.91. The van der Waals surface area contributed by atoms with Crippen molar-refractivity contribution in [2.45, 2.75) is 47.5 Å². The van der Waals surface area contributed by atoms with E-state index >= 15 is 0 Å². The number of allylic oxidation sites excluding steroid dienone is 4. The van der Waals surface area contributed by atoms with E-state index in [0.29, 0.717) is 25.5 Å². The zero-order valence-electron chi connectivity index (χ0n) is 16.8. The summed E-state index contributed by atoms with van der Waals surface area (Å²) in [4.78, 5) is 15.4. The average Bonchev–Trinajstić information content (AvgIpc) is 3.50. The molecule has 0 radical (unpaired) electrons. The number of carbonyl (C=O) groups is 1. The Hall–Kier alpha value is -1.94. The summed E-state index contributed by atoms with van der Waals surface area (Å²) in [5.74, 6) is 2.20. The molecule has 0 amide bonds. The van der Waals surface area contributed by atoms with Crippen molar-refractivity contribution in [2.24, 2.45) is 11.8 Å². The largest absolute Gasteiger partial charge is 0.475 e. The van der Waals surface area contributed by atoms with Gasteiger partial charge >= 0.3 is 0 Å². The first-order chi connectivity index (χ1) is 12.8. The van der Waals surface area contributed by atoms with Gasteiger partial charge in [0.2, 0.25) is 5.88 Å². The van der Waals surface area contributed by atoms with Crippen molar-refractivity contribution in [1.82, 2.24) is 4.98 Å². The highest BCUT2D eigenvalue weighted by Gasteiger charge is 2.35. The van der Waals surface area contributed by atoms with Crippen LogP contribution in [0.15, 0.2) is 36.6 Å². The summed E-state index contributed by atoms with van der Waals surface area (Å²) in [5, 5.41) is 0. The highest BCUT2D eigenvalue weighted by Crippen LogP contribution is 2.45. The van der Waals surface area contributed by atoms with Crippen LogP contribution < -0.4 is 4.74 Å². The van der Waals surface area contributed by atoms with Gasteiger partial charge in [0.05, 0.1) is 6.61 Å². The lowest BCUT2D eigenvalue weighted by Gasteiger charge is -2.08. The van der Waals surface area contributed by atoms with Crippen molar-refractivity contribution in [3.05, 3.63) is 42.1 Å². The molecule has 1 fully saturated rings. The van der Waals surface area contributed by atoms with E-state index < -0.39 is 0 Å². The summed E-state index contributed by atoms with van der Waals surface area (Å²) in [6.45, 7) is 10.8. The lowest BCUT2D eigenvalue weighted by atomic mass is 10.0. The molecular weight excluding hydrogens is 326 g/mol. The van der Waals surface area contributed by atoms with Crippen LogP contribution in [-0.4, -0.2) is 30.6 Å². The topological polar surface area (TPSA) is 48.4 Å². The van der Waals surface area contributed by atoms with Crippen LogP contribution in [0.25, 0.3) is 5.57 Å². The molecule has 26 heavy (non-hydrogen) atoms. The fraction of sp³-hybridized carbons (Fsp3) is 0.545. The Morgan fingerprint density at radius 2 is 1.92 bits per heavy atom. The number of nitrogens with zero attached hydrogens (tertiary/aromatic N) is 1. The Morgan fingerprint density at radius 1 is 1.15 bits per heavy atom. The Bertz CT molecular complexity index is 590. The Kier molecular flexibility index (Phi) is 10.6. The van der Waals surface area contributed by atoms with E-state index in [1.54, 1.807) is 0 Å². The maximum Gasteiger partial charge on any atom is 0.213 e. The van der Waals surface area contributed by atoms with Gasteiger partial charge in [0, 0.05) is 18.7 Å². The molecule has 1 heterocycles. The molecule has 1 aromatic rings. The number of Topliss-reactive ketones (excluding diaryl/α,β-unsaturated/α-hetero) is 1. The van der Waals surface area contributed by atoms with Gasteiger partial charge in [0.15, 0.2) is 5.78 Å². The first kappa shape index (κ1) is 22.1. The summed E-state index contributed by atoms with van der Waals surface area (Å²) < 4.78 is 10.7. The molecule has 0 aliphatic heterocycles. The highest BCUT2D eigenvalue weighted by molar-refractivity contribution is 5.79. The summed E-state index contributed by atoms with van der Waals surface area (Å²) in [5.41, 5.74) is 2.37. The molecule has 0 N–H and O–H groups in total. The minimum Gasteiger partial charge on any atom is -0.475 e. The summed E-state index contributed by atoms with van der Waals surface area (Å²) in [7, 11) is 0. The van der Waals surface area contributed by atoms with Crippen molar-refractivity contribution in [3.63, 3.8) is 0 Å². The van der Waals surface area contributed by atoms with Crippen LogP contribution in [0.5, 0.6) is 5.88 Å². The standard InChI is InChI=1S/C18H21NO3.2C2H6/c1-2-17(20)12-21-7-8-22-18-6-5-15(11-19-18)13-3-4-14-10-16(14)9-13;2*1-2/h3-6,9,11,14,16H,2,7-8,10,12H2,1H3;2*1-2H3. The van der Waals surface area contributed by atoms with Crippen LogP contribution >= 0.6 is 0 Å². The second kappa shape index (κ2) is 12.4. The van der Waals surface area contributed by atoms with Gasteiger partial charge < -0.3 is 9.47 Å². The van der Waals surface area contributed by atoms with Crippen LogP contribution in [0, 0.1) is 11.8 Å². The van der Waals surface area contributed by atoms with E-state index in [2.05, 4.69) is 23.2 Å². The smallest absolute Gasteiger partial charge is 0.213 e. The molecule has 4 heteroatoms. The van der Waals surface area contributed by atoms with Crippen molar-refractivity contribution in [3.8, 4) is 5.88 Å². The number of carbonyl (C=O) groups excluding carboxylic acids is 1. The minimum absolute atomic E-state index is 0.106. The molecule has 3 rings (SSSR count). The molecule has 1 saturated carbocycles. The van der Waals surface area contributed by atoms with Gasteiger partial charge in [-0.1, -0.05) is 52.8 Å². The third-order valence-electron chi connectivity index (χ3n) is 4.01. The molecule has 2 aliphatic carbocycles. The molecular formula is C22H33NO3. The van der Waals surface area contributed by atoms with Gasteiger partial charge in [-0.2, -0.15) is 0 Å². The number of fused-ring (bicyclic) bond motifs is 1. The Labute approximate surface area is 158 Å². The fourth-order valence-electron chi connectivity index (χ4n) is 2.48. The average molecular weight is 360 g/mol. The second-order valence-electron chi connectivity index (χ2n) is 5.72. The van der Waals surface area contributed by atoms with Gasteiger partial charge in [0.1, 0.15) is 13.2 Å². The quantitative estimate of drug-likeness (QED) is 0.606. The number of aromatic nitrogens is 1. The lowest BCUT2D eigenvalue weighted by molar-refractivity contribution is -0.123. The van der Waals surface area contributed by atoms with Crippen molar-refractivity contribution in [1.29, 1.82) is 0 Å². The molecule has 4 nitrogen and oxygen atoms in total. The molecule has 2 aliphatic rings. The number of ketones is 1. The maximum absolute atomic E-state index is 11.1. The van der Waals surface area contributed by atoms with Crippen LogP contribution in [-0.2, 0) is 9.53 Å². The van der Waals surface area contributed by atoms with E-state index in [1.165, 1.54) is 12.0 Å². The van der Waals surface area contributed by atoms with Crippen molar-refractivity contribution in [2.75, 3.05) is 19.8 Å². The van der Waals surface area contributed by atoms with Gasteiger partial charge in [0.25, 0.3) is 0 Å². The van der Waals surface area contributed by atoms with E-state index in [4.69, 9.17) is 9.47 Å². The molecule has 144 valence electrons. The van der Waals surface area contributed by atoms with Gasteiger partial charge in [-0.05, 0) is 35.5 Å². The fourth-order valence-corrected chi connectivity index (χ4v) is 2.48. The molecule has 2 atom stereocenters. The van der Waals surface area contributed by atoms with E-state index in [0.717, 1.165) is 17.4 Å². The molecule has 0 spiro atoms. The highest BCUT2D eigenvalue weighted by atomic mass is 16.5. The van der Waals surface area contributed by atoms with Crippen LogP contribution in [0.2, 0.25) is 0 Å². The maximum atomic E-state index is 11.1. The molecule has 0 bridgehead atoms. The number of hydrogen-bond donors (Lipinski definition) is 0. The first-order valence-electron chi connectivity index (χ1n) is 9.85. The third-order valence-corrected chi connectivity index (χ3v) is 4.01. The summed E-state index contributed by atoms with van der Waals surface area (Å²) >= 11 is 0. The van der Waals surface area contributed by atoms with Crippen molar-refractivity contribution >= 4 is 11.4 Å². The monoisotopic (exact) mass is 359 g/mol. The van der Waals surface area contributed by atoms with E-state index in [1.807, 2.05) is 52.9 Å². The number of rotatable bonds is 8. The SMILES string of the molecule is CC.CC.CCC(=O)COCCOc1ccc(C2=CC3CC3C=C2)cn1. The zero-order chi connectivity index (χ0) is 19.4. The van der Waals surface area contributed by atoms with Crippen LogP contribution in [0.1, 0.15) is 53.0 Å². The first-order valence-corrected chi connectivity index (χ1v) is 9.85. The van der Waals surface area contributed by atoms with Crippen LogP contribution in [0.3, 0.4) is 0 Å². The number of ether oxygens (including phenoxy) is 2. The lowest BCUT2D eigenvalue weighted by Crippen LogP contribution is -2.13. The number of hydrogen-bond acceptors (Lipinski definition) is 4. The Morgan fingerprint density at radius 3 is 2.54 bits per heavy atom. The number of pyridine rings is 1. The van der Waals surface area contributed by atoms with Gasteiger partial charge in [-0.25, -0.2) is 4.98 Å². The third kappa shape index (κ3) is 7.12. The van der Waals surface area contributed by atoms with E-state index in [9.17, 15) is 4.79 Å². The predicted molar refractivity (Wildman–Crippen MR) is 107 cm³/mol. The minimum atomic E-state index is 0.106. The normalized spacial score (nSPS) is 19.0. The van der Waals surface area contributed by atoms with E-state index in [-0.39, 0.29) is 12.4 Å². The van der Waals surface area contributed by atoms with Crippen LogP contribution in [0.4, 0.5) is 0 Å². The molecule has 1 aromatic heterocycles. The molecule has 2 unspecified atom stereocenters. The summed E-state index contributed by atoms with van der Waals surface area (Å²) in [6.07, 6.45) is 10.4. The Balaban J connectivity index is 0.000000791. The molecule has 0 aromatic carbocycles. The van der Waals surface area contributed by atoms with Gasteiger partial charge in [-0.3, -0.25) is 4.79 Å². The molecule has 0 saturated heterocycles.